The molecule has 0 saturated heterocycles. The summed E-state index contributed by atoms with van der Waals surface area (Å²) in [6, 6.07) is 56.5. The normalized spacial score (nSPS) is 11.1. The van der Waals surface area contributed by atoms with Crippen LogP contribution in [-0.2, 0) is 0 Å². The van der Waals surface area contributed by atoms with E-state index >= 15 is 0 Å². The van der Waals surface area contributed by atoms with Crippen LogP contribution in [0.25, 0.3) is 62.6 Å². The van der Waals surface area contributed by atoms with Crippen LogP contribution in [0.4, 0.5) is 17.1 Å². The van der Waals surface area contributed by atoms with Crippen LogP contribution in [0.2, 0.25) is 0 Å². The number of rotatable bonds is 5. The van der Waals surface area contributed by atoms with Crippen molar-refractivity contribution in [3.63, 3.8) is 0 Å². The van der Waals surface area contributed by atoms with E-state index in [1.807, 2.05) is 60.7 Å². The van der Waals surface area contributed by atoms with Crippen molar-refractivity contribution in [1.29, 1.82) is 15.8 Å². The van der Waals surface area contributed by atoms with E-state index in [-0.39, 0.29) is 0 Å². The molecule has 0 fully saturated rings. The van der Waals surface area contributed by atoms with E-state index in [2.05, 4.69) is 108 Å². The van der Waals surface area contributed by atoms with Gasteiger partial charge >= 0.3 is 0 Å². The van der Waals surface area contributed by atoms with Gasteiger partial charge in [-0.1, -0.05) is 60.7 Å². The molecular weight excluding hydrogens is 661 g/mol. The first-order chi connectivity index (χ1) is 25.1. The van der Waals surface area contributed by atoms with E-state index in [1.165, 1.54) is 30.9 Å². The lowest BCUT2D eigenvalue weighted by atomic mass is 10.0. The molecule has 51 heavy (non-hydrogen) atoms. The van der Waals surface area contributed by atoms with Crippen molar-refractivity contribution in [2.24, 2.45) is 0 Å². The van der Waals surface area contributed by atoms with Crippen LogP contribution in [-0.4, -0.2) is 0 Å². The van der Waals surface area contributed by atoms with E-state index in [9.17, 15) is 15.8 Å². The number of fused-ring (bicyclic) bond motifs is 6. The van der Waals surface area contributed by atoms with Gasteiger partial charge in [-0.3, -0.25) is 0 Å². The number of thiophene rings is 2. The second-order valence-corrected chi connectivity index (χ2v) is 14.5. The van der Waals surface area contributed by atoms with E-state index < -0.39 is 0 Å². The molecular formula is C45H24N4S2. The van der Waals surface area contributed by atoms with E-state index in [0.717, 1.165) is 48.7 Å². The highest BCUT2D eigenvalue weighted by Gasteiger charge is 2.15. The molecule has 9 rings (SSSR count). The van der Waals surface area contributed by atoms with Gasteiger partial charge in [0.25, 0.3) is 0 Å². The first-order valence-electron chi connectivity index (χ1n) is 16.3. The van der Waals surface area contributed by atoms with Gasteiger partial charge in [-0.05, 0) is 107 Å². The Bertz CT molecular complexity index is 2760. The molecule has 7 aromatic carbocycles. The van der Waals surface area contributed by atoms with Gasteiger partial charge in [0.2, 0.25) is 0 Å². The number of benzene rings is 7. The van der Waals surface area contributed by atoms with Gasteiger partial charge in [-0.2, -0.15) is 15.8 Å². The van der Waals surface area contributed by atoms with Crippen LogP contribution in [0.1, 0.15) is 16.7 Å². The molecule has 0 N–H and O–H groups in total. The summed E-state index contributed by atoms with van der Waals surface area (Å²) in [6.45, 7) is 0. The zero-order valence-corrected chi connectivity index (χ0v) is 28.6. The molecule has 0 bridgehead atoms. The van der Waals surface area contributed by atoms with Gasteiger partial charge in [0.15, 0.2) is 0 Å². The minimum atomic E-state index is 0.616. The fourth-order valence-electron chi connectivity index (χ4n) is 6.79. The summed E-state index contributed by atoms with van der Waals surface area (Å²) in [5, 5.41) is 32.9. The lowest BCUT2D eigenvalue weighted by Gasteiger charge is -2.26. The summed E-state index contributed by atoms with van der Waals surface area (Å²) < 4.78 is 4.63. The minimum Gasteiger partial charge on any atom is -0.311 e. The van der Waals surface area contributed by atoms with Crippen molar-refractivity contribution in [3.05, 3.63) is 162 Å². The van der Waals surface area contributed by atoms with E-state index in [0.29, 0.717) is 16.7 Å². The third-order valence-corrected chi connectivity index (χ3v) is 11.6. The van der Waals surface area contributed by atoms with Gasteiger partial charge in [0.1, 0.15) is 0 Å². The zero-order valence-electron chi connectivity index (χ0n) is 27.0. The van der Waals surface area contributed by atoms with Gasteiger partial charge in [-0.25, -0.2) is 0 Å². The summed E-state index contributed by atoms with van der Waals surface area (Å²) in [7, 11) is 0. The summed E-state index contributed by atoms with van der Waals surface area (Å²) in [4.78, 5) is 2.21. The SMILES string of the molecule is N#Cc1ccc(N(c2ccc(-c3ccc4c(c3)sc3cc(C#N)ccc34)cc2)c2ccc(-c3ccc4c(c3)sc3cc(C#N)ccc34)cc2)cc1. The van der Waals surface area contributed by atoms with Gasteiger partial charge in [-0.15, -0.1) is 22.7 Å². The van der Waals surface area contributed by atoms with Crippen molar-refractivity contribution < 1.29 is 0 Å². The van der Waals surface area contributed by atoms with Crippen LogP contribution in [0.15, 0.2) is 146 Å². The Balaban J connectivity index is 1.06. The minimum absolute atomic E-state index is 0.616. The molecule has 0 aliphatic rings. The van der Waals surface area contributed by atoms with Gasteiger partial charge in [0.05, 0.1) is 34.9 Å². The Hall–Kier alpha value is -6.75. The smallest absolute Gasteiger partial charge is 0.0992 e. The molecule has 0 aliphatic carbocycles. The van der Waals surface area contributed by atoms with Crippen LogP contribution < -0.4 is 4.90 Å². The molecule has 9 aromatic rings. The summed E-state index contributed by atoms with van der Waals surface area (Å²) >= 11 is 3.43. The number of nitriles is 3. The maximum absolute atomic E-state index is 9.45. The number of hydrogen-bond donors (Lipinski definition) is 0. The zero-order chi connectivity index (χ0) is 34.5. The fourth-order valence-corrected chi connectivity index (χ4v) is 9.16. The number of anilines is 3. The first kappa shape index (κ1) is 30.3. The second-order valence-electron chi connectivity index (χ2n) is 12.4. The molecule has 6 heteroatoms. The number of nitrogens with zero attached hydrogens (tertiary/aromatic N) is 4. The van der Waals surface area contributed by atoms with Crippen LogP contribution in [0, 0.1) is 34.0 Å². The molecule has 236 valence electrons. The average Bonchev–Trinajstić information content (AvgIpc) is 3.75. The molecule has 0 unspecified atom stereocenters. The monoisotopic (exact) mass is 684 g/mol. The lowest BCUT2D eigenvalue weighted by Crippen LogP contribution is -2.09. The van der Waals surface area contributed by atoms with Crippen molar-refractivity contribution in [2.45, 2.75) is 0 Å². The van der Waals surface area contributed by atoms with Crippen molar-refractivity contribution >= 4 is 80.1 Å². The average molecular weight is 685 g/mol. The summed E-state index contributed by atoms with van der Waals surface area (Å²) in [5.41, 5.74) is 9.45. The molecule has 0 spiro atoms. The van der Waals surface area contributed by atoms with Crippen molar-refractivity contribution in [3.8, 4) is 40.5 Å². The predicted octanol–water partition coefficient (Wildman–Crippen LogP) is 12.8. The van der Waals surface area contributed by atoms with Crippen LogP contribution in [0.3, 0.4) is 0 Å². The highest BCUT2D eigenvalue weighted by Crippen LogP contribution is 2.41. The Morgan fingerprint density at radius 1 is 0.333 bits per heavy atom. The Labute approximate surface area is 302 Å². The lowest BCUT2D eigenvalue weighted by molar-refractivity contribution is 1.28. The number of hydrogen-bond acceptors (Lipinski definition) is 6. The first-order valence-corrected chi connectivity index (χ1v) is 18.0. The summed E-state index contributed by atoms with van der Waals surface area (Å²) in [6.07, 6.45) is 0. The maximum Gasteiger partial charge on any atom is 0.0992 e. The largest absolute Gasteiger partial charge is 0.311 e. The quantitative estimate of drug-likeness (QED) is 0.181. The maximum atomic E-state index is 9.45. The fraction of sp³-hybridized carbons (Fsp3) is 0. The Morgan fingerprint density at radius 3 is 1.04 bits per heavy atom. The second kappa shape index (κ2) is 12.3. The standard InChI is InChI=1S/C45H24N4S2/c46-25-28-1-11-35(12-2-28)49(36-13-5-31(6-14-36)33-9-19-40-38-17-3-29(26-47)21-42(38)50-44(40)23-33)37-15-7-32(8-16-37)34-10-20-41-39-18-4-30(27-48)22-43(39)51-45(41)24-34/h1-24H. The van der Waals surface area contributed by atoms with Crippen LogP contribution >= 0.6 is 22.7 Å². The van der Waals surface area contributed by atoms with Gasteiger partial charge < -0.3 is 4.90 Å². The highest BCUT2D eigenvalue weighted by molar-refractivity contribution is 7.26. The summed E-state index contributed by atoms with van der Waals surface area (Å²) in [5.74, 6) is 0. The van der Waals surface area contributed by atoms with Crippen molar-refractivity contribution in [2.75, 3.05) is 4.90 Å². The molecule has 2 aromatic heterocycles. The van der Waals surface area contributed by atoms with Crippen LogP contribution in [0.5, 0.6) is 0 Å². The molecule has 0 saturated carbocycles. The molecule has 4 nitrogen and oxygen atoms in total. The predicted molar refractivity (Wildman–Crippen MR) is 212 cm³/mol. The van der Waals surface area contributed by atoms with E-state index in [1.54, 1.807) is 22.7 Å². The molecule has 0 atom stereocenters. The Kier molecular flexibility index (Phi) is 7.31. The molecule has 2 heterocycles. The van der Waals surface area contributed by atoms with Crippen molar-refractivity contribution in [1.82, 2.24) is 0 Å². The third kappa shape index (κ3) is 5.35. The Morgan fingerprint density at radius 2 is 0.647 bits per heavy atom. The van der Waals surface area contributed by atoms with E-state index in [4.69, 9.17) is 0 Å². The molecule has 0 aliphatic heterocycles. The van der Waals surface area contributed by atoms with Gasteiger partial charge in [0, 0.05) is 57.4 Å². The molecule has 0 radical (unpaired) electrons. The highest BCUT2D eigenvalue weighted by atomic mass is 32.1. The third-order valence-electron chi connectivity index (χ3n) is 9.38. The molecule has 0 amide bonds. The topological polar surface area (TPSA) is 74.6 Å².